The molecule has 1 saturated heterocycles. The number of urea groups is 1. The van der Waals surface area contributed by atoms with E-state index in [-0.39, 0.29) is 23.6 Å². The van der Waals surface area contributed by atoms with Gasteiger partial charge in [0.25, 0.3) is 0 Å². The molecule has 21 heavy (non-hydrogen) atoms. The normalized spacial score (nSPS) is 20.0. The molecule has 2 rings (SSSR count). The first-order valence-corrected chi connectivity index (χ1v) is 8.77. The second kappa shape index (κ2) is 6.80. The van der Waals surface area contributed by atoms with Gasteiger partial charge >= 0.3 is 6.03 Å². The smallest absolute Gasteiger partial charge is 0.315 e. The van der Waals surface area contributed by atoms with Crippen molar-refractivity contribution < 1.29 is 17.9 Å². The fourth-order valence-electron chi connectivity index (χ4n) is 2.20. The molecule has 0 radical (unpaired) electrons. The van der Waals surface area contributed by atoms with Gasteiger partial charge in [-0.1, -0.05) is 12.1 Å². The number of benzene rings is 1. The Morgan fingerprint density at radius 1 is 1.33 bits per heavy atom. The van der Waals surface area contributed by atoms with E-state index in [0.717, 1.165) is 11.3 Å². The summed E-state index contributed by atoms with van der Waals surface area (Å²) in [6, 6.07) is 6.84. The van der Waals surface area contributed by atoms with Crippen LogP contribution >= 0.6 is 0 Å². The topological polar surface area (TPSA) is 84.5 Å². The van der Waals surface area contributed by atoms with Crippen LogP contribution in [0.2, 0.25) is 0 Å². The average Bonchev–Trinajstić information content (AvgIpc) is 2.77. The summed E-state index contributed by atoms with van der Waals surface area (Å²) in [4.78, 5) is 11.7. The number of ether oxygens (including phenoxy) is 1. The summed E-state index contributed by atoms with van der Waals surface area (Å²) in [7, 11) is -2.97. The Labute approximate surface area is 124 Å². The van der Waals surface area contributed by atoms with Crippen LogP contribution in [0, 0.1) is 0 Å². The average molecular weight is 312 g/mol. The number of nitrogens with one attached hydrogen (secondary N) is 2. The van der Waals surface area contributed by atoms with Gasteiger partial charge in [-0.3, -0.25) is 0 Å². The number of sulfone groups is 1. The van der Waals surface area contributed by atoms with E-state index >= 15 is 0 Å². The van der Waals surface area contributed by atoms with Gasteiger partial charge in [-0.15, -0.1) is 0 Å². The molecule has 0 saturated carbocycles. The molecule has 2 amide bonds. The molecular formula is C14H20N2O4S. The number of hydrogen-bond donors (Lipinski definition) is 2. The summed E-state index contributed by atoms with van der Waals surface area (Å²) in [6.45, 7) is 2.92. The Morgan fingerprint density at radius 3 is 2.62 bits per heavy atom. The van der Waals surface area contributed by atoms with Gasteiger partial charge in [0.15, 0.2) is 9.84 Å². The Hall–Kier alpha value is -1.76. The van der Waals surface area contributed by atoms with Gasteiger partial charge in [0.2, 0.25) is 0 Å². The lowest BCUT2D eigenvalue weighted by molar-refractivity contribution is 0.237. The van der Waals surface area contributed by atoms with Crippen molar-refractivity contribution in [3.05, 3.63) is 29.8 Å². The van der Waals surface area contributed by atoms with Crippen LogP contribution in [0.1, 0.15) is 18.9 Å². The number of rotatable bonds is 5. The van der Waals surface area contributed by atoms with Gasteiger partial charge in [0, 0.05) is 12.6 Å². The standard InChI is InChI=1S/C14H20N2O4S/c1-2-20-13-5-3-11(4-6-13)9-15-14(17)16-12-7-8-21(18,19)10-12/h3-6,12H,2,7-10H2,1H3,(H2,15,16,17). The SMILES string of the molecule is CCOc1ccc(CNC(=O)NC2CCS(=O)(=O)C2)cc1. The second-order valence-electron chi connectivity index (χ2n) is 5.00. The lowest BCUT2D eigenvalue weighted by Crippen LogP contribution is -2.42. The molecule has 1 aromatic carbocycles. The molecule has 0 aliphatic carbocycles. The molecule has 0 aromatic heterocycles. The molecule has 1 aromatic rings. The van der Waals surface area contributed by atoms with Gasteiger partial charge < -0.3 is 15.4 Å². The Morgan fingerprint density at radius 2 is 2.05 bits per heavy atom. The minimum Gasteiger partial charge on any atom is -0.494 e. The maximum absolute atomic E-state index is 11.7. The van der Waals surface area contributed by atoms with Crippen molar-refractivity contribution in [2.24, 2.45) is 0 Å². The number of amides is 2. The van der Waals surface area contributed by atoms with Crippen molar-refractivity contribution in [2.45, 2.75) is 25.9 Å². The van der Waals surface area contributed by atoms with Gasteiger partial charge in [0.05, 0.1) is 18.1 Å². The first-order valence-electron chi connectivity index (χ1n) is 6.95. The minimum absolute atomic E-state index is 0.0312. The van der Waals surface area contributed by atoms with Gasteiger partial charge in [-0.05, 0) is 31.0 Å². The lowest BCUT2D eigenvalue weighted by Gasteiger charge is -2.12. The van der Waals surface area contributed by atoms with Crippen molar-refractivity contribution in [3.8, 4) is 5.75 Å². The van der Waals surface area contributed by atoms with E-state index in [1.807, 2.05) is 31.2 Å². The third-order valence-electron chi connectivity index (χ3n) is 3.26. The maximum atomic E-state index is 11.7. The molecule has 7 heteroatoms. The zero-order valence-corrected chi connectivity index (χ0v) is 12.8. The Balaban J connectivity index is 1.76. The first kappa shape index (κ1) is 15.6. The summed E-state index contributed by atoms with van der Waals surface area (Å²) in [5, 5.41) is 5.40. The van der Waals surface area contributed by atoms with Crippen molar-refractivity contribution in [3.63, 3.8) is 0 Å². The van der Waals surface area contributed by atoms with E-state index in [9.17, 15) is 13.2 Å². The monoisotopic (exact) mass is 312 g/mol. The van der Waals surface area contributed by atoms with E-state index in [4.69, 9.17) is 4.74 Å². The predicted molar refractivity (Wildman–Crippen MR) is 80.0 cm³/mol. The molecule has 1 unspecified atom stereocenters. The largest absolute Gasteiger partial charge is 0.494 e. The highest BCUT2D eigenvalue weighted by Gasteiger charge is 2.28. The van der Waals surface area contributed by atoms with Crippen molar-refractivity contribution in [1.82, 2.24) is 10.6 Å². The highest BCUT2D eigenvalue weighted by Crippen LogP contribution is 2.12. The predicted octanol–water partition coefficient (Wildman–Crippen LogP) is 1.07. The fraction of sp³-hybridized carbons (Fsp3) is 0.500. The summed E-state index contributed by atoms with van der Waals surface area (Å²) in [5.41, 5.74) is 0.952. The zero-order chi connectivity index (χ0) is 15.3. The fourth-order valence-corrected chi connectivity index (χ4v) is 3.87. The zero-order valence-electron chi connectivity index (χ0n) is 12.0. The van der Waals surface area contributed by atoms with E-state index in [1.165, 1.54) is 0 Å². The van der Waals surface area contributed by atoms with Crippen LogP contribution in [0.25, 0.3) is 0 Å². The van der Waals surface area contributed by atoms with E-state index in [2.05, 4.69) is 10.6 Å². The van der Waals surface area contributed by atoms with Crippen LogP contribution in [-0.4, -0.2) is 38.6 Å². The summed E-state index contributed by atoms with van der Waals surface area (Å²) < 4.78 is 27.9. The molecule has 116 valence electrons. The van der Waals surface area contributed by atoms with E-state index in [1.54, 1.807) is 0 Å². The Kier molecular flexibility index (Phi) is 5.06. The molecule has 6 nitrogen and oxygen atoms in total. The lowest BCUT2D eigenvalue weighted by atomic mass is 10.2. The van der Waals surface area contributed by atoms with Crippen LogP contribution in [0.15, 0.2) is 24.3 Å². The maximum Gasteiger partial charge on any atom is 0.315 e. The van der Waals surface area contributed by atoms with Crippen molar-refractivity contribution in [2.75, 3.05) is 18.1 Å². The van der Waals surface area contributed by atoms with E-state index < -0.39 is 9.84 Å². The molecular weight excluding hydrogens is 292 g/mol. The summed E-state index contributed by atoms with van der Waals surface area (Å²) in [5.74, 6) is 0.974. The second-order valence-corrected chi connectivity index (χ2v) is 7.23. The molecule has 1 heterocycles. The van der Waals surface area contributed by atoms with E-state index in [0.29, 0.717) is 19.6 Å². The molecule has 1 aliphatic heterocycles. The quantitative estimate of drug-likeness (QED) is 0.852. The summed E-state index contributed by atoms with van der Waals surface area (Å²) >= 11 is 0. The van der Waals surface area contributed by atoms with Crippen LogP contribution in [0.5, 0.6) is 5.75 Å². The van der Waals surface area contributed by atoms with Crippen LogP contribution in [0.4, 0.5) is 4.79 Å². The molecule has 2 N–H and O–H groups in total. The van der Waals surface area contributed by atoms with Crippen molar-refractivity contribution >= 4 is 15.9 Å². The first-order chi connectivity index (χ1) is 9.98. The molecule has 0 spiro atoms. The third-order valence-corrected chi connectivity index (χ3v) is 5.02. The van der Waals surface area contributed by atoms with Gasteiger partial charge in [-0.25, -0.2) is 13.2 Å². The van der Waals surface area contributed by atoms with Gasteiger partial charge in [-0.2, -0.15) is 0 Å². The Bertz CT molecular complexity index is 583. The van der Waals surface area contributed by atoms with Crippen molar-refractivity contribution in [1.29, 1.82) is 0 Å². The number of carbonyl (C=O) groups excluding carboxylic acids is 1. The molecule has 1 fully saturated rings. The van der Waals surface area contributed by atoms with Crippen LogP contribution < -0.4 is 15.4 Å². The molecule has 1 atom stereocenters. The third kappa shape index (κ3) is 4.93. The van der Waals surface area contributed by atoms with Crippen LogP contribution in [0.3, 0.4) is 0 Å². The highest BCUT2D eigenvalue weighted by atomic mass is 32.2. The van der Waals surface area contributed by atoms with Crippen LogP contribution in [-0.2, 0) is 16.4 Å². The minimum atomic E-state index is -2.97. The number of hydrogen-bond acceptors (Lipinski definition) is 4. The highest BCUT2D eigenvalue weighted by molar-refractivity contribution is 7.91. The molecule has 1 aliphatic rings. The molecule has 0 bridgehead atoms. The summed E-state index contributed by atoms with van der Waals surface area (Å²) in [6.07, 6.45) is 0.485. The number of carbonyl (C=O) groups is 1. The van der Waals surface area contributed by atoms with Gasteiger partial charge in [0.1, 0.15) is 5.75 Å².